The standard InChI is InChI=1S/C15H17ClFNO/c16-11-3-10(4-12(17)5-11)8-18-13-1-2-14(18)7-15(6-13)9-19-15/h3-5,13-14H,1-2,6-9H2/t13-,14+,15?. The van der Waals surface area contributed by atoms with Crippen molar-refractivity contribution in [1.29, 1.82) is 0 Å². The minimum atomic E-state index is -0.242. The molecule has 0 aromatic heterocycles. The molecule has 0 amide bonds. The van der Waals surface area contributed by atoms with Crippen molar-refractivity contribution >= 4 is 11.6 Å². The monoisotopic (exact) mass is 281 g/mol. The summed E-state index contributed by atoms with van der Waals surface area (Å²) in [5.74, 6) is -0.242. The van der Waals surface area contributed by atoms with E-state index in [0.29, 0.717) is 17.1 Å². The highest BCUT2D eigenvalue weighted by atomic mass is 35.5. The van der Waals surface area contributed by atoms with Gasteiger partial charge in [-0.15, -0.1) is 0 Å². The third-order valence-electron chi connectivity index (χ3n) is 4.83. The van der Waals surface area contributed by atoms with E-state index in [4.69, 9.17) is 16.3 Å². The fourth-order valence-corrected chi connectivity index (χ4v) is 4.15. The first-order chi connectivity index (χ1) is 9.13. The highest BCUT2D eigenvalue weighted by Crippen LogP contribution is 2.49. The number of epoxide rings is 1. The molecule has 4 heteroatoms. The Bertz CT molecular complexity index is 481. The molecule has 0 saturated carbocycles. The van der Waals surface area contributed by atoms with E-state index in [1.54, 1.807) is 6.07 Å². The molecular weight excluding hydrogens is 265 g/mol. The van der Waals surface area contributed by atoms with Gasteiger partial charge in [-0.1, -0.05) is 11.6 Å². The minimum Gasteiger partial charge on any atom is -0.369 e. The molecule has 1 aromatic rings. The second kappa shape index (κ2) is 4.18. The Morgan fingerprint density at radius 3 is 2.53 bits per heavy atom. The van der Waals surface area contributed by atoms with Gasteiger partial charge in [0.05, 0.1) is 12.2 Å². The topological polar surface area (TPSA) is 15.8 Å². The second-order valence-electron chi connectivity index (χ2n) is 6.21. The van der Waals surface area contributed by atoms with Crippen LogP contribution >= 0.6 is 11.6 Å². The average molecular weight is 282 g/mol. The molecule has 0 aliphatic carbocycles. The van der Waals surface area contributed by atoms with Crippen LogP contribution in [-0.4, -0.2) is 29.2 Å². The number of fused-ring (bicyclic) bond motifs is 2. The highest BCUT2D eigenvalue weighted by Gasteiger charge is 2.55. The van der Waals surface area contributed by atoms with Crippen molar-refractivity contribution in [3.05, 3.63) is 34.6 Å². The molecule has 0 radical (unpaired) electrons. The minimum absolute atomic E-state index is 0.210. The zero-order valence-electron chi connectivity index (χ0n) is 10.7. The molecule has 2 bridgehead atoms. The Morgan fingerprint density at radius 2 is 1.95 bits per heavy atom. The van der Waals surface area contributed by atoms with Gasteiger partial charge in [0.25, 0.3) is 0 Å². The zero-order chi connectivity index (χ0) is 13.0. The van der Waals surface area contributed by atoms with Crippen LogP contribution in [-0.2, 0) is 11.3 Å². The fraction of sp³-hybridized carbons (Fsp3) is 0.600. The smallest absolute Gasteiger partial charge is 0.125 e. The average Bonchev–Trinajstić information content (AvgIpc) is 3.04. The van der Waals surface area contributed by atoms with Gasteiger partial charge in [0.1, 0.15) is 5.82 Å². The summed E-state index contributed by atoms with van der Waals surface area (Å²) < 4.78 is 19.0. The van der Waals surface area contributed by atoms with E-state index in [2.05, 4.69) is 4.90 Å². The van der Waals surface area contributed by atoms with E-state index >= 15 is 0 Å². The van der Waals surface area contributed by atoms with Gasteiger partial charge in [0, 0.05) is 23.7 Å². The quantitative estimate of drug-likeness (QED) is 0.773. The Labute approximate surface area is 117 Å². The van der Waals surface area contributed by atoms with Crippen LogP contribution in [0.3, 0.4) is 0 Å². The first-order valence-electron chi connectivity index (χ1n) is 6.98. The van der Waals surface area contributed by atoms with Crippen molar-refractivity contribution in [1.82, 2.24) is 4.90 Å². The van der Waals surface area contributed by atoms with Crippen LogP contribution in [0.25, 0.3) is 0 Å². The molecule has 1 aromatic carbocycles. The summed E-state index contributed by atoms with van der Waals surface area (Å²) in [6.45, 7) is 1.75. The SMILES string of the molecule is Fc1cc(Cl)cc(CN2[C@@H]3CC[C@H]2CC2(CO2)C3)c1. The molecule has 3 saturated heterocycles. The van der Waals surface area contributed by atoms with Crippen molar-refractivity contribution in [3.63, 3.8) is 0 Å². The summed E-state index contributed by atoms with van der Waals surface area (Å²) in [6, 6.07) is 6.04. The van der Waals surface area contributed by atoms with Gasteiger partial charge in [-0.05, 0) is 49.4 Å². The van der Waals surface area contributed by atoms with Crippen LogP contribution in [0.2, 0.25) is 5.02 Å². The third kappa shape index (κ3) is 2.18. The number of nitrogens with zero attached hydrogens (tertiary/aromatic N) is 1. The van der Waals surface area contributed by atoms with Crippen molar-refractivity contribution in [2.45, 2.75) is 49.9 Å². The lowest BCUT2D eigenvalue weighted by Crippen LogP contribution is -2.45. The largest absolute Gasteiger partial charge is 0.369 e. The molecule has 3 fully saturated rings. The van der Waals surface area contributed by atoms with Crippen molar-refractivity contribution in [3.8, 4) is 0 Å². The maximum Gasteiger partial charge on any atom is 0.125 e. The number of ether oxygens (including phenoxy) is 1. The maximum absolute atomic E-state index is 13.4. The van der Waals surface area contributed by atoms with Crippen LogP contribution < -0.4 is 0 Å². The van der Waals surface area contributed by atoms with Gasteiger partial charge in [-0.3, -0.25) is 4.90 Å². The highest BCUT2D eigenvalue weighted by molar-refractivity contribution is 6.30. The molecule has 3 heterocycles. The normalized spacial score (nSPS) is 36.9. The first-order valence-corrected chi connectivity index (χ1v) is 7.36. The van der Waals surface area contributed by atoms with Gasteiger partial charge in [0.15, 0.2) is 0 Å². The van der Waals surface area contributed by atoms with Crippen molar-refractivity contribution in [2.24, 2.45) is 0 Å². The van der Waals surface area contributed by atoms with Gasteiger partial charge < -0.3 is 4.74 Å². The number of rotatable bonds is 2. The number of benzene rings is 1. The van der Waals surface area contributed by atoms with Crippen LogP contribution in [0.1, 0.15) is 31.2 Å². The lowest BCUT2D eigenvalue weighted by molar-refractivity contribution is 0.0741. The van der Waals surface area contributed by atoms with Crippen molar-refractivity contribution < 1.29 is 9.13 Å². The summed E-state index contributed by atoms with van der Waals surface area (Å²) in [5.41, 5.74) is 1.19. The number of halogens is 2. The molecule has 2 nitrogen and oxygen atoms in total. The number of piperidine rings is 1. The molecule has 19 heavy (non-hydrogen) atoms. The molecule has 0 N–H and O–H groups in total. The Hall–Kier alpha value is -0.640. The zero-order valence-corrected chi connectivity index (χ0v) is 11.5. The maximum atomic E-state index is 13.4. The van der Waals surface area contributed by atoms with E-state index < -0.39 is 0 Å². The summed E-state index contributed by atoms with van der Waals surface area (Å²) in [5, 5.41) is 0.487. The lowest BCUT2D eigenvalue weighted by Gasteiger charge is -2.37. The molecule has 1 spiro atoms. The molecule has 3 aliphatic heterocycles. The Balaban J connectivity index is 1.54. The predicted molar refractivity (Wildman–Crippen MR) is 71.7 cm³/mol. The summed E-state index contributed by atoms with van der Waals surface area (Å²) in [4.78, 5) is 2.53. The molecule has 1 unspecified atom stereocenters. The molecule has 3 aliphatic rings. The van der Waals surface area contributed by atoms with E-state index in [-0.39, 0.29) is 11.4 Å². The predicted octanol–water partition coefficient (Wildman–Crippen LogP) is 3.37. The van der Waals surface area contributed by atoms with Gasteiger partial charge >= 0.3 is 0 Å². The molecule has 4 rings (SSSR count). The second-order valence-corrected chi connectivity index (χ2v) is 6.65. The van der Waals surface area contributed by atoms with Gasteiger partial charge in [-0.25, -0.2) is 4.39 Å². The fourth-order valence-electron chi connectivity index (χ4n) is 3.90. The molecular formula is C15H17ClFNO. The van der Waals surface area contributed by atoms with Crippen molar-refractivity contribution in [2.75, 3.05) is 6.61 Å². The van der Waals surface area contributed by atoms with Crippen LogP contribution in [0.15, 0.2) is 18.2 Å². The van der Waals surface area contributed by atoms with Gasteiger partial charge in [0.2, 0.25) is 0 Å². The van der Waals surface area contributed by atoms with E-state index in [0.717, 1.165) is 31.6 Å². The van der Waals surface area contributed by atoms with Crippen LogP contribution in [0.5, 0.6) is 0 Å². The Kier molecular flexibility index (Phi) is 2.66. The molecule has 102 valence electrons. The van der Waals surface area contributed by atoms with E-state index in [9.17, 15) is 4.39 Å². The summed E-state index contributed by atoms with van der Waals surface area (Å²) in [6.07, 6.45) is 4.79. The third-order valence-corrected chi connectivity index (χ3v) is 5.04. The van der Waals surface area contributed by atoms with E-state index in [1.165, 1.54) is 18.9 Å². The molecule has 3 atom stereocenters. The van der Waals surface area contributed by atoms with Gasteiger partial charge in [-0.2, -0.15) is 0 Å². The van der Waals surface area contributed by atoms with Crippen LogP contribution in [0.4, 0.5) is 4.39 Å². The summed E-state index contributed by atoms with van der Waals surface area (Å²) >= 11 is 5.93. The van der Waals surface area contributed by atoms with Crippen LogP contribution in [0, 0.1) is 5.82 Å². The lowest BCUT2D eigenvalue weighted by atomic mass is 9.91. The number of hydrogen-bond donors (Lipinski definition) is 0. The first kappa shape index (κ1) is 12.1. The van der Waals surface area contributed by atoms with E-state index in [1.807, 2.05) is 6.07 Å². The Morgan fingerprint density at radius 1 is 1.26 bits per heavy atom. The number of hydrogen-bond acceptors (Lipinski definition) is 2. The summed E-state index contributed by atoms with van der Waals surface area (Å²) in [7, 11) is 0.